The second-order valence-electron chi connectivity index (χ2n) is 2.51. The molecule has 13 heavy (non-hydrogen) atoms. The summed E-state index contributed by atoms with van der Waals surface area (Å²) in [5.74, 6) is 5.72. The number of aromatic nitrogens is 1. The Kier molecular flexibility index (Phi) is 1.99. The minimum atomic E-state index is 0.355. The fraction of sp³-hybridized carbons (Fsp3) is 0.100. The highest BCUT2D eigenvalue weighted by Gasteiger charge is 2.00. The monoisotopic (exact) mass is 172 g/mol. The smallest absolute Gasteiger partial charge is 0.182 e. The molecule has 0 bridgehead atoms. The molecule has 2 rings (SSSR count). The Balaban J connectivity index is 2.61. The molecule has 0 aliphatic rings. The van der Waals surface area contributed by atoms with Gasteiger partial charge < -0.3 is 10.2 Å². The van der Waals surface area contributed by atoms with Gasteiger partial charge in [-0.1, -0.05) is 17.9 Å². The summed E-state index contributed by atoms with van der Waals surface area (Å²) in [6.07, 6.45) is 1.41. The molecule has 0 aliphatic heterocycles. The van der Waals surface area contributed by atoms with Gasteiger partial charge in [-0.3, -0.25) is 0 Å². The Hall–Kier alpha value is -1.79. The summed E-state index contributed by atoms with van der Waals surface area (Å²) in [5, 5.41) is 0. The number of benzene rings is 1. The summed E-state index contributed by atoms with van der Waals surface area (Å²) in [7, 11) is 0. The van der Waals surface area contributed by atoms with Crippen LogP contribution in [0.5, 0.6) is 0 Å². The van der Waals surface area contributed by atoms with Crippen LogP contribution in [-0.2, 0) is 0 Å². The number of para-hydroxylation sites is 1. The summed E-state index contributed by atoms with van der Waals surface area (Å²) in [6, 6.07) is 5.64. The first-order valence-corrected chi connectivity index (χ1v) is 3.93. The molecule has 1 aromatic carbocycles. The highest BCUT2D eigenvalue weighted by molar-refractivity contribution is 5.79. The van der Waals surface area contributed by atoms with Crippen molar-refractivity contribution in [2.45, 2.75) is 0 Å². The summed E-state index contributed by atoms with van der Waals surface area (Å²) >= 11 is 0. The van der Waals surface area contributed by atoms with Crippen molar-refractivity contribution in [3.8, 4) is 11.8 Å². The molecule has 0 radical (unpaired) electrons. The quantitative estimate of drug-likeness (QED) is 0.606. The Morgan fingerprint density at radius 1 is 1.46 bits per heavy atom. The molecule has 2 aromatic rings. The first kappa shape index (κ1) is 7.84. The van der Waals surface area contributed by atoms with E-state index in [1.165, 1.54) is 6.39 Å². The third-order valence-corrected chi connectivity index (χ3v) is 1.69. The van der Waals surface area contributed by atoms with Gasteiger partial charge in [0.2, 0.25) is 0 Å². The highest BCUT2D eigenvalue weighted by Crippen LogP contribution is 2.15. The number of oxazole rings is 1. The summed E-state index contributed by atoms with van der Waals surface area (Å²) < 4.78 is 5.13. The van der Waals surface area contributed by atoms with Crippen LogP contribution in [0, 0.1) is 11.8 Å². The Morgan fingerprint density at radius 3 is 3.23 bits per heavy atom. The van der Waals surface area contributed by atoms with Crippen molar-refractivity contribution in [2.24, 2.45) is 5.73 Å². The van der Waals surface area contributed by atoms with E-state index in [1.54, 1.807) is 0 Å². The largest absolute Gasteiger partial charge is 0.443 e. The third kappa shape index (κ3) is 1.40. The summed E-state index contributed by atoms with van der Waals surface area (Å²) in [6.45, 7) is 0.355. The lowest BCUT2D eigenvalue weighted by Gasteiger charge is -1.89. The minimum Gasteiger partial charge on any atom is -0.443 e. The van der Waals surface area contributed by atoms with Gasteiger partial charge in [0.25, 0.3) is 0 Å². The van der Waals surface area contributed by atoms with Crippen LogP contribution >= 0.6 is 0 Å². The molecule has 1 aromatic heterocycles. The van der Waals surface area contributed by atoms with Crippen LogP contribution in [0.25, 0.3) is 11.1 Å². The van der Waals surface area contributed by atoms with E-state index in [0.29, 0.717) is 6.54 Å². The van der Waals surface area contributed by atoms with E-state index < -0.39 is 0 Å². The maximum atomic E-state index is 5.28. The second-order valence-corrected chi connectivity index (χ2v) is 2.51. The van der Waals surface area contributed by atoms with Crippen LogP contribution in [0.15, 0.2) is 29.0 Å². The molecule has 0 amide bonds. The van der Waals surface area contributed by atoms with Crippen LogP contribution in [0.4, 0.5) is 0 Å². The Morgan fingerprint density at radius 2 is 2.38 bits per heavy atom. The number of rotatable bonds is 0. The van der Waals surface area contributed by atoms with Crippen molar-refractivity contribution >= 4 is 11.1 Å². The zero-order valence-corrected chi connectivity index (χ0v) is 6.95. The van der Waals surface area contributed by atoms with E-state index in [1.807, 2.05) is 18.2 Å². The summed E-state index contributed by atoms with van der Waals surface area (Å²) in [5.41, 5.74) is 7.68. The van der Waals surface area contributed by atoms with Crippen molar-refractivity contribution < 1.29 is 4.42 Å². The van der Waals surface area contributed by atoms with Crippen molar-refractivity contribution in [1.82, 2.24) is 4.98 Å². The van der Waals surface area contributed by atoms with Gasteiger partial charge in [0, 0.05) is 0 Å². The fourth-order valence-electron chi connectivity index (χ4n) is 1.13. The van der Waals surface area contributed by atoms with E-state index in [2.05, 4.69) is 16.8 Å². The van der Waals surface area contributed by atoms with Gasteiger partial charge in [-0.2, -0.15) is 0 Å². The van der Waals surface area contributed by atoms with Gasteiger partial charge in [-0.05, 0) is 12.1 Å². The van der Waals surface area contributed by atoms with Crippen LogP contribution in [0.2, 0.25) is 0 Å². The molecule has 2 N–H and O–H groups in total. The number of nitrogens with two attached hydrogens (primary N) is 1. The average Bonchev–Trinajstić information content (AvgIpc) is 2.62. The third-order valence-electron chi connectivity index (χ3n) is 1.69. The maximum Gasteiger partial charge on any atom is 0.182 e. The molecule has 3 heteroatoms. The van der Waals surface area contributed by atoms with Gasteiger partial charge in [0.15, 0.2) is 12.0 Å². The van der Waals surface area contributed by atoms with Gasteiger partial charge in [0.05, 0.1) is 12.1 Å². The molecule has 0 aliphatic carbocycles. The van der Waals surface area contributed by atoms with Crippen molar-refractivity contribution in [2.75, 3.05) is 6.54 Å². The van der Waals surface area contributed by atoms with Crippen molar-refractivity contribution in [1.29, 1.82) is 0 Å². The molecule has 0 saturated heterocycles. The minimum absolute atomic E-state index is 0.355. The van der Waals surface area contributed by atoms with Gasteiger partial charge in [0.1, 0.15) is 5.52 Å². The fourth-order valence-corrected chi connectivity index (χ4v) is 1.13. The van der Waals surface area contributed by atoms with Crippen LogP contribution < -0.4 is 5.73 Å². The van der Waals surface area contributed by atoms with Gasteiger partial charge in [-0.25, -0.2) is 4.98 Å². The topological polar surface area (TPSA) is 52.0 Å². The van der Waals surface area contributed by atoms with E-state index >= 15 is 0 Å². The van der Waals surface area contributed by atoms with E-state index in [4.69, 9.17) is 10.2 Å². The van der Waals surface area contributed by atoms with E-state index in [-0.39, 0.29) is 0 Å². The molecular weight excluding hydrogens is 164 g/mol. The van der Waals surface area contributed by atoms with E-state index in [0.717, 1.165) is 16.7 Å². The number of hydrogen-bond donors (Lipinski definition) is 1. The lowest BCUT2D eigenvalue weighted by molar-refractivity contribution is 0.602. The van der Waals surface area contributed by atoms with Gasteiger partial charge in [-0.15, -0.1) is 0 Å². The zero-order chi connectivity index (χ0) is 9.10. The number of nitrogens with zero attached hydrogens (tertiary/aromatic N) is 1. The summed E-state index contributed by atoms with van der Waals surface area (Å²) in [4.78, 5) is 4.06. The first-order chi connectivity index (χ1) is 6.42. The van der Waals surface area contributed by atoms with Crippen molar-refractivity contribution in [3.63, 3.8) is 0 Å². The molecule has 0 saturated carbocycles. The lowest BCUT2D eigenvalue weighted by atomic mass is 10.2. The van der Waals surface area contributed by atoms with Gasteiger partial charge >= 0.3 is 0 Å². The Labute approximate surface area is 75.6 Å². The van der Waals surface area contributed by atoms with E-state index in [9.17, 15) is 0 Å². The zero-order valence-electron chi connectivity index (χ0n) is 6.95. The molecule has 64 valence electrons. The lowest BCUT2D eigenvalue weighted by Crippen LogP contribution is -1.93. The average molecular weight is 172 g/mol. The molecule has 0 atom stereocenters. The molecule has 1 heterocycles. The van der Waals surface area contributed by atoms with Crippen LogP contribution in [0.3, 0.4) is 0 Å². The van der Waals surface area contributed by atoms with Crippen LogP contribution in [0.1, 0.15) is 5.56 Å². The standard InChI is InChI=1S/C10H8N2O/c11-6-2-4-8-3-1-5-9-10(8)12-7-13-9/h1,3,5,7H,6,11H2. The number of fused-ring (bicyclic) bond motifs is 1. The Bertz CT molecular complexity index is 476. The van der Waals surface area contributed by atoms with Crippen LogP contribution in [-0.4, -0.2) is 11.5 Å². The molecule has 3 nitrogen and oxygen atoms in total. The molecular formula is C10H8N2O. The second kappa shape index (κ2) is 3.30. The SMILES string of the molecule is NCC#Cc1cccc2ocnc12. The maximum absolute atomic E-state index is 5.28. The number of hydrogen-bond acceptors (Lipinski definition) is 3. The molecule has 0 unspecified atom stereocenters. The molecule has 0 fully saturated rings. The predicted octanol–water partition coefficient (Wildman–Crippen LogP) is 1.14. The normalized spacial score (nSPS) is 9.62. The van der Waals surface area contributed by atoms with Crippen molar-refractivity contribution in [3.05, 3.63) is 30.2 Å². The molecule has 0 spiro atoms. The highest BCUT2D eigenvalue weighted by atomic mass is 16.3. The first-order valence-electron chi connectivity index (χ1n) is 3.93. The predicted molar refractivity (Wildman–Crippen MR) is 49.9 cm³/mol.